The molecule has 1 aromatic rings. The SMILES string of the molecule is CC1CN(C(=O)c2cc(N)cn2C(C)C)CC(C)N1C. The number of likely N-dealkylation sites (N-methyl/N-ethyl adjacent to an activating group) is 1. The van der Waals surface area contributed by atoms with Gasteiger partial charge in [-0.25, -0.2) is 0 Å². The number of anilines is 1. The average molecular weight is 278 g/mol. The Balaban J connectivity index is 2.24. The molecule has 1 aliphatic heterocycles. The van der Waals surface area contributed by atoms with Crippen LogP contribution in [0.3, 0.4) is 0 Å². The van der Waals surface area contributed by atoms with Gasteiger partial charge in [-0.05, 0) is 40.8 Å². The number of hydrogen-bond donors (Lipinski definition) is 1. The lowest BCUT2D eigenvalue weighted by atomic mass is 10.1. The van der Waals surface area contributed by atoms with Gasteiger partial charge in [0, 0.05) is 37.4 Å². The van der Waals surface area contributed by atoms with Crippen LogP contribution in [-0.2, 0) is 0 Å². The van der Waals surface area contributed by atoms with Crippen molar-refractivity contribution in [1.29, 1.82) is 0 Å². The average Bonchev–Trinajstić information content (AvgIpc) is 2.76. The summed E-state index contributed by atoms with van der Waals surface area (Å²) < 4.78 is 1.96. The summed E-state index contributed by atoms with van der Waals surface area (Å²) in [5.41, 5.74) is 7.21. The number of nitrogens with zero attached hydrogens (tertiary/aromatic N) is 3. The van der Waals surface area contributed by atoms with Gasteiger partial charge < -0.3 is 15.2 Å². The van der Waals surface area contributed by atoms with Crippen molar-refractivity contribution in [3.8, 4) is 0 Å². The molecule has 112 valence electrons. The quantitative estimate of drug-likeness (QED) is 0.897. The van der Waals surface area contributed by atoms with Crippen LogP contribution in [0, 0.1) is 0 Å². The second-order valence-electron chi connectivity index (χ2n) is 6.23. The molecule has 0 aromatic carbocycles. The Hall–Kier alpha value is -1.49. The van der Waals surface area contributed by atoms with Crippen molar-refractivity contribution >= 4 is 11.6 Å². The van der Waals surface area contributed by atoms with E-state index in [4.69, 9.17) is 5.73 Å². The molecule has 0 saturated carbocycles. The number of carbonyl (C=O) groups excluding carboxylic acids is 1. The van der Waals surface area contributed by atoms with Gasteiger partial charge in [-0.3, -0.25) is 9.69 Å². The summed E-state index contributed by atoms with van der Waals surface area (Å²) in [6.45, 7) is 9.97. The van der Waals surface area contributed by atoms with Gasteiger partial charge in [0.15, 0.2) is 0 Å². The minimum absolute atomic E-state index is 0.0854. The van der Waals surface area contributed by atoms with E-state index in [1.165, 1.54) is 0 Å². The van der Waals surface area contributed by atoms with Crippen molar-refractivity contribution in [2.75, 3.05) is 25.9 Å². The van der Waals surface area contributed by atoms with Crippen molar-refractivity contribution in [3.05, 3.63) is 18.0 Å². The molecule has 0 aliphatic carbocycles. The normalized spacial score (nSPS) is 24.4. The molecule has 5 nitrogen and oxygen atoms in total. The molecule has 2 atom stereocenters. The Labute approximate surface area is 121 Å². The second-order valence-corrected chi connectivity index (χ2v) is 6.23. The van der Waals surface area contributed by atoms with E-state index in [2.05, 4.69) is 39.6 Å². The predicted octanol–water partition coefficient (Wildman–Crippen LogP) is 1.82. The smallest absolute Gasteiger partial charge is 0.270 e. The molecule has 2 rings (SSSR count). The van der Waals surface area contributed by atoms with Crippen molar-refractivity contribution < 1.29 is 4.79 Å². The minimum Gasteiger partial charge on any atom is -0.397 e. The lowest BCUT2D eigenvalue weighted by Crippen LogP contribution is -2.56. The van der Waals surface area contributed by atoms with Crippen molar-refractivity contribution in [1.82, 2.24) is 14.4 Å². The van der Waals surface area contributed by atoms with Gasteiger partial charge in [-0.2, -0.15) is 0 Å². The molecule has 1 aromatic heterocycles. The number of aromatic nitrogens is 1. The van der Waals surface area contributed by atoms with Crippen LogP contribution in [0.15, 0.2) is 12.3 Å². The summed E-state index contributed by atoms with van der Waals surface area (Å²) in [4.78, 5) is 17.0. The largest absolute Gasteiger partial charge is 0.397 e. The van der Waals surface area contributed by atoms with Gasteiger partial charge in [0.2, 0.25) is 0 Å². The van der Waals surface area contributed by atoms with Gasteiger partial charge in [0.05, 0.1) is 5.69 Å². The molecular weight excluding hydrogens is 252 g/mol. The first kappa shape index (κ1) is 14.9. The summed E-state index contributed by atoms with van der Waals surface area (Å²) >= 11 is 0. The van der Waals surface area contributed by atoms with E-state index in [1.54, 1.807) is 6.07 Å². The van der Waals surface area contributed by atoms with Crippen molar-refractivity contribution in [2.24, 2.45) is 0 Å². The monoisotopic (exact) mass is 278 g/mol. The molecule has 1 fully saturated rings. The van der Waals surface area contributed by atoms with Crippen molar-refractivity contribution in [2.45, 2.75) is 45.8 Å². The molecule has 1 amide bonds. The molecule has 1 saturated heterocycles. The third kappa shape index (κ3) is 2.68. The summed E-state index contributed by atoms with van der Waals surface area (Å²) in [5, 5.41) is 0. The van der Waals surface area contributed by atoms with Crippen LogP contribution in [-0.4, -0.2) is 52.5 Å². The van der Waals surface area contributed by atoms with E-state index >= 15 is 0 Å². The van der Waals surface area contributed by atoms with E-state index in [9.17, 15) is 4.79 Å². The highest BCUT2D eigenvalue weighted by molar-refractivity contribution is 5.94. The van der Waals surface area contributed by atoms with E-state index in [-0.39, 0.29) is 11.9 Å². The Bertz CT molecular complexity index is 482. The molecule has 0 bridgehead atoms. The molecular formula is C15H26N4O. The maximum Gasteiger partial charge on any atom is 0.270 e. The number of hydrogen-bond acceptors (Lipinski definition) is 3. The standard InChI is InChI=1S/C15H26N4O/c1-10(2)19-9-13(16)6-14(19)15(20)18-7-11(3)17(5)12(4)8-18/h6,9-12H,7-8,16H2,1-5H3. The number of rotatable bonds is 2. The fraction of sp³-hybridized carbons (Fsp3) is 0.667. The van der Waals surface area contributed by atoms with Crippen LogP contribution < -0.4 is 5.73 Å². The number of amides is 1. The summed E-state index contributed by atoms with van der Waals surface area (Å²) in [5.74, 6) is 0.0854. The van der Waals surface area contributed by atoms with Gasteiger partial charge in [-0.15, -0.1) is 0 Å². The topological polar surface area (TPSA) is 54.5 Å². The second kappa shape index (κ2) is 5.48. The molecule has 2 unspecified atom stereocenters. The third-order valence-corrected chi connectivity index (χ3v) is 4.29. The Kier molecular flexibility index (Phi) is 4.09. The Morgan fingerprint density at radius 2 is 1.85 bits per heavy atom. The number of nitrogens with two attached hydrogens (primary N) is 1. The van der Waals surface area contributed by atoms with Crippen LogP contribution in [0.4, 0.5) is 5.69 Å². The molecule has 0 spiro atoms. The fourth-order valence-corrected chi connectivity index (χ4v) is 2.83. The summed E-state index contributed by atoms with van der Waals surface area (Å²) in [6, 6.07) is 2.77. The van der Waals surface area contributed by atoms with E-state index < -0.39 is 0 Å². The zero-order valence-electron chi connectivity index (χ0n) is 13.1. The molecule has 2 heterocycles. The van der Waals surface area contributed by atoms with E-state index in [0.717, 1.165) is 13.1 Å². The lowest BCUT2D eigenvalue weighted by molar-refractivity contribution is 0.0404. The number of carbonyl (C=O) groups is 1. The van der Waals surface area contributed by atoms with E-state index in [0.29, 0.717) is 23.5 Å². The highest BCUT2D eigenvalue weighted by atomic mass is 16.2. The van der Waals surface area contributed by atoms with Crippen LogP contribution in [0.2, 0.25) is 0 Å². The lowest BCUT2D eigenvalue weighted by Gasteiger charge is -2.42. The molecule has 1 aliphatic rings. The predicted molar refractivity (Wildman–Crippen MR) is 81.8 cm³/mol. The molecule has 5 heteroatoms. The molecule has 20 heavy (non-hydrogen) atoms. The maximum absolute atomic E-state index is 12.8. The Morgan fingerprint density at radius 3 is 2.35 bits per heavy atom. The number of piperazine rings is 1. The maximum atomic E-state index is 12.8. The Morgan fingerprint density at radius 1 is 1.30 bits per heavy atom. The fourth-order valence-electron chi connectivity index (χ4n) is 2.83. The highest BCUT2D eigenvalue weighted by Crippen LogP contribution is 2.21. The first-order valence-corrected chi connectivity index (χ1v) is 7.29. The zero-order chi connectivity index (χ0) is 15.0. The molecule has 2 N–H and O–H groups in total. The third-order valence-electron chi connectivity index (χ3n) is 4.29. The summed E-state index contributed by atoms with van der Waals surface area (Å²) in [7, 11) is 2.12. The first-order valence-electron chi connectivity index (χ1n) is 7.29. The van der Waals surface area contributed by atoms with Gasteiger partial charge >= 0.3 is 0 Å². The summed E-state index contributed by atoms with van der Waals surface area (Å²) in [6.07, 6.45) is 1.85. The van der Waals surface area contributed by atoms with Crippen molar-refractivity contribution in [3.63, 3.8) is 0 Å². The van der Waals surface area contributed by atoms with E-state index in [1.807, 2.05) is 15.7 Å². The minimum atomic E-state index is 0.0854. The van der Waals surface area contributed by atoms with Gasteiger partial charge in [0.1, 0.15) is 5.69 Å². The van der Waals surface area contributed by atoms with Crippen LogP contribution in [0.1, 0.15) is 44.2 Å². The van der Waals surface area contributed by atoms with Crippen LogP contribution in [0.5, 0.6) is 0 Å². The molecule has 0 radical (unpaired) electrons. The van der Waals surface area contributed by atoms with Gasteiger partial charge in [0.25, 0.3) is 5.91 Å². The van der Waals surface area contributed by atoms with Crippen LogP contribution >= 0.6 is 0 Å². The highest BCUT2D eigenvalue weighted by Gasteiger charge is 2.31. The van der Waals surface area contributed by atoms with Gasteiger partial charge in [-0.1, -0.05) is 0 Å². The van der Waals surface area contributed by atoms with Crippen LogP contribution in [0.25, 0.3) is 0 Å². The zero-order valence-corrected chi connectivity index (χ0v) is 13.1. The first-order chi connectivity index (χ1) is 9.31. The number of nitrogen functional groups attached to an aromatic ring is 1.